The Labute approximate surface area is 139 Å². The number of hydrogen-bond acceptors (Lipinski definition) is 5. The van der Waals surface area contributed by atoms with E-state index in [1.54, 1.807) is 4.88 Å². The number of thiophene rings is 1. The molecule has 0 N–H and O–H groups in total. The first kappa shape index (κ1) is 13.5. The molecule has 2 aromatic heterocycles. The highest BCUT2D eigenvalue weighted by Crippen LogP contribution is 2.29. The van der Waals surface area contributed by atoms with Crippen LogP contribution in [0.15, 0.2) is 41.9 Å². The van der Waals surface area contributed by atoms with Gasteiger partial charge < -0.3 is 4.90 Å². The Balaban J connectivity index is 1.29. The van der Waals surface area contributed by atoms with Crippen molar-refractivity contribution < 1.29 is 0 Å². The molecule has 1 saturated heterocycles. The molecular formula is C18H18N4S. The molecule has 1 fully saturated rings. The van der Waals surface area contributed by atoms with Gasteiger partial charge in [-0.05, 0) is 35.6 Å². The summed E-state index contributed by atoms with van der Waals surface area (Å²) < 4.78 is 0. The van der Waals surface area contributed by atoms with Gasteiger partial charge in [0.15, 0.2) is 0 Å². The maximum atomic E-state index is 4.75. The van der Waals surface area contributed by atoms with Crippen molar-refractivity contribution in [2.75, 3.05) is 24.5 Å². The summed E-state index contributed by atoms with van der Waals surface area (Å²) in [6.07, 6.45) is 3.12. The second-order valence-electron chi connectivity index (χ2n) is 6.37. The van der Waals surface area contributed by atoms with E-state index in [-0.39, 0.29) is 0 Å². The number of benzene rings is 1. The van der Waals surface area contributed by atoms with Crippen LogP contribution in [0.3, 0.4) is 0 Å². The van der Waals surface area contributed by atoms with Gasteiger partial charge in [-0.25, -0.2) is 4.98 Å². The first-order chi connectivity index (χ1) is 11.4. The van der Waals surface area contributed by atoms with Crippen molar-refractivity contribution >= 4 is 28.2 Å². The van der Waals surface area contributed by atoms with Crippen LogP contribution in [0.25, 0.3) is 11.0 Å². The Bertz CT molecular complexity index is 853. The number of anilines is 1. The minimum absolute atomic E-state index is 0.649. The number of fused-ring (bicyclic) bond motifs is 2. The lowest BCUT2D eigenvalue weighted by molar-refractivity contribution is 0.151. The van der Waals surface area contributed by atoms with Crippen LogP contribution in [0.5, 0.6) is 0 Å². The molecule has 0 bridgehead atoms. The molecule has 0 atom stereocenters. The van der Waals surface area contributed by atoms with Crippen LogP contribution in [-0.4, -0.2) is 40.5 Å². The van der Waals surface area contributed by atoms with Gasteiger partial charge >= 0.3 is 0 Å². The van der Waals surface area contributed by atoms with Crippen LogP contribution >= 0.6 is 11.3 Å². The average Bonchev–Trinajstić information content (AvgIpc) is 3.01. The molecule has 0 amide bonds. The van der Waals surface area contributed by atoms with Crippen LogP contribution < -0.4 is 4.90 Å². The van der Waals surface area contributed by atoms with E-state index in [9.17, 15) is 0 Å². The van der Waals surface area contributed by atoms with Gasteiger partial charge in [0.2, 0.25) is 0 Å². The van der Waals surface area contributed by atoms with E-state index >= 15 is 0 Å². The van der Waals surface area contributed by atoms with Gasteiger partial charge in [-0.2, -0.15) is 0 Å². The van der Waals surface area contributed by atoms with Crippen LogP contribution in [0.1, 0.15) is 10.4 Å². The zero-order chi connectivity index (χ0) is 15.2. The van der Waals surface area contributed by atoms with Gasteiger partial charge in [0.1, 0.15) is 5.82 Å². The van der Waals surface area contributed by atoms with Crippen LogP contribution in [0.2, 0.25) is 0 Å². The van der Waals surface area contributed by atoms with Gasteiger partial charge in [0, 0.05) is 37.1 Å². The van der Waals surface area contributed by atoms with Crippen molar-refractivity contribution in [3.05, 3.63) is 52.3 Å². The van der Waals surface area contributed by atoms with Gasteiger partial charge in [-0.1, -0.05) is 12.1 Å². The number of para-hydroxylation sites is 2. The molecule has 0 aliphatic carbocycles. The summed E-state index contributed by atoms with van der Waals surface area (Å²) in [4.78, 5) is 15.8. The summed E-state index contributed by atoms with van der Waals surface area (Å²) in [6.45, 7) is 4.43. The first-order valence-corrected chi connectivity index (χ1v) is 9.01. The molecule has 23 heavy (non-hydrogen) atoms. The number of hydrogen-bond donors (Lipinski definition) is 0. The molecule has 3 aromatic rings. The van der Waals surface area contributed by atoms with Crippen molar-refractivity contribution in [1.29, 1.82) is 0 Å². The van der Waals surface area contributed by atoms with Crippen LogP contribution in [0.4, 0.5) is 5.82 Å². The maximum Gasteiger partial charge on any atom is 0.147 e. The lowest BCUT2D eigenvalue weighted by atomic mass is 10.0. The van der Waals surface area contributed by atoms with Crippen molar-refractivity contribution in [2.24, 2.45) is 0 Å². The fourth-order valence-corrected chi connectivity index (χ4v) is 4.44. The summed E-state index contributed by atoms with van der Waals surface area (Å²) in [5.74, 6) is 1.01. The topological polar surface area (TPSA) is 32.3 Å². The summed E-state index contributed by atoms with van der Waals surface area (Å²) in [5, 5.41) is 2.23. The fraction of sp³-hybridized carbons (Fsp3) is 0.333. The molecule has 4 heterocycles. The molecule has 2 aliphatic heterocycles. The van der Waals surface area contributed by atoms with E-state index in [0.717, 1.165) is 36.5 Å². The minimum atomic E-state index is 0.649. The summed E-state index contributed by atoms with van der Waals surface area (Å²) >= 11 is 1.91. The van der Waals surface area contributed by atoms with Gasteiger partial charge in [0.05, 0.1) is 17.2 Å². The fourth-order valence-electron chi connectivity index (χ4n) is 3.56. The smallest absolute Gasteiger partial charge is 0.147 e. The quantitative estimate of drug-likeness (QED) is 0.726. The molecule has 0 radical (unpaired) electrons. The lowest BCUT2D eigenvalue weighted by Gasteiger charge is -2.47. The molecule has 0 spiro atoms. The third-order valence-electron chi connectivity index (χ3n) is 4.98. The second-order valence-corrected chi connectivity index (χ2v) is 7.37. The molecule has 0 saturated carbocycles. The largest absolute Gasteiger partial charge is 0.352 e. The number of aromatic nitrogens is 2. The first-order valence-electron chi connectivity index (χ1n) is 8.13. The van der Waals surface area contributed by atoms with E-state index in [1.807, 2.05) is 41.8 Å². The van der Waals surface area contributed by atoms with Gasteiger partial charge in [-0.15, -0.1) is 11.3 Å². The standard InChI is InChI=1S/C18H18N4S/c1-2-4-16-15(3-1)19-9-18(20-16)22-11-14(12-22)21-7-5-17-13(10-21)6-8-23-17/h1-4,6,8-9,14H,5,7,10-12H2. The zero-order valence-electron chi connectivity index (χ0n) is 12.9. The highest BCUT2D eigenvalue weighted by molar-refractivity contribution is 7.10. The maximum absolute atomic E-state index is 4.75. The SMILES string of the molecule is c1ccc2nc(N3CC(N4CCc5sccc5C4)C3)cnc2c1. The second kappa shape index (κ2) is 5.28. The van der Waals surface area contributed by atoms with Crippen molar-refractivity contribution in [3.8, 4) is 0 Å². The van der Waals surface area contributed by atoms with E-state index in [1.165, 1.54) is 18.5 Å². The van der Waals surface area contributed by atoms with Crippen molar-refractivity contribution in [3.63, 3.8) is 0 Å². The Kier molecular flexibility index (Phi) is 3.09. The molecule has 5 heteroatoms. The molecular weight excluding hydrogens is 304 g/mol. The van der Waals surface area contributed by atoms with Crippen LogP contribution in [0, 0.1) is 0 Å². The Morgan fingerprint density at radius 3 is 2.87 bits per heavy atom. The van der Waals surface area contributed by atoms with Gasteiger partial charge in [-0.3, -0.25) is 9.88 Å². The number of rotatable bonds is 2. The van der Waals surface area contributed by atoms with Crippen molar-refractivity contribution in [1.82, 2.24) is 14.9 Å². The third kappa shape index (κ3) is 2.31. The summed E-state index contributed by atoms with van der Waals surface area (Å²) in [7, 11) is 0. The van der Waals surface area contributed by atoms with Gasteiger partial charge in [0.25, 0.3) is 0 Å². The van der Waals surface area contributed by atoms with E-state index in [2.05, 4.69) is 26.2 Å². The summed E-state index contributed by atoms with van der Waals surface area (Å²) in [5.41, 5.74) is 3.48. The molecule has 2 aliphatic rings. The normalized spacial score (nSPS) is 18.9. The highest BCUT2D eigenvalue weighted by atomic mass is 32.1. The number of nitrogens with zero attached hydrogens (tertiary/aromatic N) is 4. The zero-order valence-corrected chi connectivity index (χ0v) is 13.7. The minimum Gasteiger partial charge on any atom is -0.352 e. The van der Waals surface area contributed by atoms with Crippen molar-refractivity contribution in [2.45, 2.75) is 19.0 Å². The predicted octanol–water partition coefficient (Wildman–Crippen LogP) is 2.94. The van der Waals surface area contributed by atoms with E-state index in [4.69, 9.17) is 4.98 Å². The Morgan fingerprint density at radius 2 is 1.96 bits per heavy atom. The molecule has 5 rings (SSSR count). The average molecular weight is 322 g/mol. The van der Waals surface area contributed by atoms with E-state index < -0.39 is 0 Å². The molecule has 116 valence electrons. The summed E-state index contributed by atoms with van der Waals surface area (Å²) in [6, 6.07) is 11.0. The van der Waals surface area contributed by atoms with E-state index in [0.29, 0.717) is 6.04 Å². The Morgan fingerprint density at radius 1 is 1.09 bits per heavy atom. The predicted molar refractivity (Wildman–Crippen MR) is 94.0 cm³/mol. The Hall–Kier alpha value is -1.98. The molecule has 4 nitrogen and oxygen atoms in total. The lowest BCUT2D eigenvalue weighted by Crippen LogP contribution is -2.60. The molecule has 0 unspecified atom stereocenters. The highest BCUT2D eigenvalue weighted by Gasteiger charge is 2.34. The van der Waals surface area contributed by atoms with Crippen LogP contribution in [-0.2, 0) is 13.0 Å². The molecule has 1 aromatic carbocycles. The monoisotopic (exact) mass is 322 g/mol. The third-order valence-corrected chi connectivity index (χ3v) is 6.00.